The smallest absolute Gasteiger partial charge is 0.0706 e. The molecule has 0 amide bonds. The Morgan fingerprint density at radius 2 is 2.18 bits per heavy atom. The Morgan fingerprint density at radius 3 is 2.82 bits per heavy atom. The average molecular weight is 155 g/mol. The van der Waals surface area contributed by atoms with Gasteiger partial charge in [0.05, 0.1) is 12.2 Å². The maximum absolute atomic E-state index is 5.77. The topological polar surface area (TPSA) is 21.3 Å². The molecular weight excluding hydrogens is 138 g/mol. The first-order valence-electron chi connectivity index (χ1n) is 4.71. The van der Waals surface area contributed by atoms with Gasteiger partial charge in [0, 0.05) is 13.1 Å². The normalized spacial score (nSPS) is 39.0. The predicted molar refractivity (Wildman–Crippen MR) is 44.5 cm³/mol. The Balaban J connectivity index is 1.73. The van der Waals surface area contributed by atoms with Crippen LogP contribution in [0, 0.1) is 5.92 Å². The quantitative estimate of drug-likeness (QED) is 0.646. The van der Waals surface area contributed by atoms with Gasteiger partial charge in [-0.1, -0.05) is 12.8 Å². The van der Waals surface area contributed by atoms with E-state index in [1.165, 1.54) is 19.3 Å². The lowest BCUT2D eigenvalue weighted by Gasteiger charge is -2.28. The Hall–Kier alpha value is -0.0800. The minimum Gasteiger partial charge on any atom is -0.373 e. The van der Waals surface area contributed by atoms with Crippen LogP contribution in [0.25, 0.3) is 0 Å². The number of nitrogens with one attached hydrogen (secondary N) is 1. The first kappa shape index (κ1) is 7.56. The van der Waals surface area contributed by atoms with Crippen molar-refractivity contribution in [3.8, 4) is 0 Å². The molecule has 1 N–H and O–H groups in total. The summed E-state index contributed by atoms with van der Waals surface area (Å²) in [5, 5.41) is 3.39. The minimum atomic E-state index is 0.424. The zero-order valence-electron chi connectivity index (χ0n) is 7.18. The Bertz CT molecular complexity index is 132. The van der Waals surface area contributed by atoms with Crippen molar-refractivity contribution >= 4 is 0 Å². The molecule has 11 heavy (non-hydrogen) atoms. The molecule has 2 fully saturated rings. The second-order valence-corrected chi connectivity index (χ2v) is 3.91. The third kappa shape index (κ3) is 2.17. The van der Waals surface area contributed by atoms with Crippen molar-refractivity contribution in [3.05, 3.63) is 0 Å². The summed E-state index contributed by atoms with van der Waals surface area (Å²) in [6, 6.07) is 0. The fourth-order valence-electron chi connectivity index (χ4n) is 1.74. The standard InChI is InChI=1S/C9H17NO/c1-7-5-10-6-9(11-7)4-8-2-3-8/h7-10H,2-6H2,1H3. The summed E-state index contributed by atoms with van der Waals surface area (Å²) >= 11 is 0. The van der Waals surface area contributed by atoms with Gasteiger partial charge in [-0.2, -0.15) is 0 Å². The van der Waals surface area contributed by atoms with Gasteiger partial charge in [-0.25, -0.2) is 0 Å². The van der Waals surface area contributed by atoms with Crippen LogP contribution in [0.5, 0.6) is 0 Å². The molecule has 1 aliphatic carbocycles. The fourth-order valence-corrected chi connectivity index (χ4v) is 1.74. The zero-order valence-corrected chi connectivity index (χ0v) is 7.18. The number of rotatable bonds is 2. The van der Waals surface area contributed by atoms with Crippen LogP contribution in [0.3, 0.4) is 0 Å². The molecule has 1 saturated heterocycles. The van der Waals surface area contributed by atoms with E-state index in [0.717, 1.165) is 19.0 Å². The van der Waals surface area contributed by atoms with Crippen LogP contribution < -0.4 is 5.32 Å². The SMILES string of the molecule is CC1CNCC(CC2CC2)O1. The average Bonchev–Trinajstić information content (AvgIpc) is 2.71. The molecule has 1 heterocycles. The van der Waals surface area contributed by atoms with Crippen LogP contribution in [0.4, 0.5) is 0 Å². The molecule has 0 aromatic rings. The molecule has 0 spiro atoms. The van der Waals surface area contributed by atoms with Gasteiger partial charge in [-0.15, -0.1) is 0 Å². The van der Waals surface area contributed by atoms with E-state index in [0.29, 0.717) is 12.2 Å². The van der Waals surface area contributed by atoms with E-state index < -0.39 is 0 Å². The van der Waals surface area contributed by atoms with Crippen molar-refractivity contribution in [2.45, 2.75) is 38.4 Å². The summed E-state index contributed by atoms with van der Waals surface area (Å²) in [6.45, 7) is 4.24. The molecule has 0 bridgehead atoms. The van der Waals surface area contributed by atoms with E-state index in [-0.39, 0.29) is 0 Å². The van der Waals surface area contributed by atoms with E-state index in [1.54, 1.807) is 0 Å². The largest absolute Gasteiger partial charge is 0.373 e. The second kappa shape index (κ2) is 3.11. The van der Waals surface area contributed by atoms with Crippen LogP contribution in [0.1, 0.15) is 26.2 Å². The van der Waals surface area contributed by atoms with Gasteiger partial charge in [0.25, 0.3) is 0 Å². The fraction of sp³-hybridized carbons (Fsp3) is 1.00. The third-order valence-electron chi connectivity index (χ3n) is 2.52. The van der Waals surface area contributed by atoms with Crippen molar-refractivity contribution in [2.24, 2.45) is 5.92 Å². The number of hydrogen-bond donors (Lipinski definition) is 1. The first-order chi connectivity index (χ1) is 5.34. The van der Waals surface area contributed by atoms with Crippen LogP contribution in [-0.4, -0.2) is 25.3 Å². The number of hydrogen-bond acceptors (Lipinski definition) is 2. The summed E-state index contributed by atoms with van der Waals surface area (Å²) in [5.74, 6) is 0.993. The van der Waals surface area contributed by atoms with Crippen molar-refractivity contribution in [1.29, 1.82) is 0 Å². The lowest BCUT2D eigenvalue weighted by molar-refractivity contribution is -0.0332. The van der Waals surface area contributed by atoms with Crippen LogP contribution in [-0.2, 0) is 4.74 Å². The van der Waals surface area contributed by atoms with Gasteiger partial charge < -0.3 is 10.1 Å². The second-order valence-electron chi connectivity index (χ2n) is 3.91. The number of ether oxygens (including phenoxy) is 1. The molecule has 0 radical (unpaired) electrons. The van der Waals surface area contributed by atoms with E-state index in [9.17, 15) is 0 Å². The van der Waals surface area contributed by atoms with E-state index in [4.69, 9.17) is 4.74 Å². The maximum atomic E-state index is 5.77. The van der Waals surface area contributed by atoms with Gasteiger partial charge in [0.15, 0.2) is 0 Å². The summed E-state index contributed by atoms with van der Waals surface area (Å²) < 4.78 is 5.77. The summed E-state index contributed by atoms with van der Waals surface area (Å²) in [6.07, 6.45) is 5.10. The molecule has 1 aliphatic heterocycles. The molecule has 0 aromatic carbocycles. The minimum absolute atomic E-state index is 0.424. The van der Waals surface area contributed by atoms with E-state index in [2.05, 4.69) is 12.2 Å². The zero-order chi connectivity index (χ0) is 7.68. The Labute approximate surface area is 68.3 Å². The molecule has 64 valence electrons. The van der Waals surface area contributed by atoms with Gasteiger partial charge in [-0.05, 0) is 19.3 Å². The highest BCUT2D eigenvalue weighted by Crippen LogP contribution is 2.34. The van der Waals surface area contributed by atoms with Crippen molar-refractivity contribution in [3.63, 3.8) is 0 Å². The number of morpholine rings is 1. The van der Waals surface area contributed by atoms with Crippen LogP contribution in [0.2, 0.25) is 0 Å². The summed E-state index contributed by atoms with van der Waals surface area (Å²) in [7, 11) is 0. The van der Waals surface area contributed by atoms with Crippen molar-refractivity contribution in [1.82, 2.24) is 5.32 Å². The molecular formula is C9H17NO. The highest BCUT2D eigenvalue weighted by molar-refractivity contribution is 4.80. The maximum Gasteiger partial charge on any atom is 0.0706 e. The molecule has 2 unspecified atom stereocenters. The van der Waals surface area contributed by atoms with Gasteiger partial charge in [0.1, 0.15) is 0 Å². The monoisotopic (exact) mass is 155 g/mol. The van der Waals surface area contributed by atoms with E-state index >= 15 is 0 Å². The van der Waals surface area contributed by atoms with Gasteiger partial charge >= 0.3 is 0 Å². The lowest BCUT2D eigenvalue weighted by Crippen LogP contribution is -2.43. The van der Waals surface area contributed by atoms with E-state index in [1.807, 2.05) is 0 Å². The molecule has 1 saturated carbocycles. The molecule has 2 atom stereocenters. The van der Waals surface area contributed by atoms with Gasteiger partial charge in [-0.3, -0.25) is 0 Å². The lowest BCUT2D eigenvalue weighted by atomic mass is 10.1. The summed E-state index contributed by atoms with van der Waals surface area (Å²) in [5.41, 5.74) is 0. The molecule has 0 aromatic heterocycles. The Kier molecular flexibility index (Phi) is 2.14. The molecule has 2 nitrogen and oxygen atoms in total. The Morgan fingerprint density at radius 1 is 1.36 bits per heavy atom. The summed E-state index contributed by atoms with van der Waals surface area (Å²) in [4.78, 5) is 0. The molecule has 2 aliphatic rings. The predicted octanol–water partition coefficient (Wildman–Crippen LogP) is 1.16. The van der Waals surface area contributed by atoms with Crippen LogP contribution >= 0.6 is 0 Å². The van der Waals surface area contributed by atoms with Crippen molar-refractivity contribution in [2.75, 3.05) is 13.1 Å². The molecule has 2 heteroatoms. The van der Waals surface area contributed by atoms with Crippen molar-refractivity contribution < 1.29 is 4.74 Å². The first-order valence-corrected chi connectivity index (χ1v) is 4.71. The molecule has 2 rings (SSSR count). The third-order valence-corrected chi connectivity index (χ3v) is 2.52. The van der Waals surface area contributed by atoms with Gasteiger partial charge in [0.2, 0.25) is 0 Å². The highest BCUT2D eigenvalue weighted by atomic mass is 16.5. The van der Waals surface area contributed by atoms with Crippen LogP contribution in [0.15, 0.2) is 0 Å². The highest BCUT2D eigenvalue weighted by Gasteiger charge is 2.28.